The minimum Gasteiger partial charge on any atom is -0.346 e. The molecule has 26 heavy (non-hydrogen) atoms. The van der Waals surface area contributed by atoms with Crippen LogP contribution >= 0.6 is 35.0 Å². The van der Waals surface area contributed by atoms with E-state index in [-0.39, 0.29) is 17.7 Å². The normalized spacial score (nSPS) is 12.0. The van der Waals surface area contributed by atoms with Crippen molar-refractivity contribution >= 4 is 40.9 Å². The number of hydrogen-bond acceptors (Lipinski definition) is 5. The van der Waals surface area contributed by atoms with Crippen molar-refractivity contribution in [3.63, 3.8) is 0 Å². The number of rotatable bonds is 6. The van der Waals surface area contributed by atoms with E-state index in [4.69, 9.17) is 27.7 Å². The number of carbonyl (C=O) groups excluding carboxylic acids is 1. The van der Waals surface area contributed by atoms with E-state index in [0.717, 1.165) is 10.5 Å². The second kappa shape index (κ2) is 8.58. The van der Waals surface area contributed by atoms with Crippen molar-refractivity contribution in [3.05, 3.63) is 64.5 Å². The molecular formula is C18H15Cl2N3O2S. The first-order chi connectivity index (χ1) is 12.5. The summed E-state index contributed by atoms with van der Waals surface area (Å²) in [7, 11) is 0. The van der Waals surface area contributed by atoms with Gasteiger partial charge in [-0.3, -0.25) is 4.79 Å². The Hall–Kier alpha value is -2.02. The average molecular weight is 408 g/mol. The molecule has 0 saturated heterocycles. The van der Waals surface area contributed by atoms with Crippen LogP contribution in [0.3, 0.4) is 0 Å². The second-order valence-electron chi connectivity index (χ2n) is 5.45. The van der Waals surface area contributed by atoms with Crippen LogP contribution in [-0.2, 0) is 11.3 Å². The van der Waals surface area contributed by atoms with Gasteiger partial charge in [-0.05, 0) is 55.5 Å². The SMILES string of the molecule is CC(Sc1ccc(Cl)cc1)C(=O)NCc1nc(-c2ccc(Cl)cc2)no1. The second-order valence-corrected chi connectivity index (χ2v) is 7.74. The Morgan fingerprint density at radius 3 is 2.38 bits per heavy atom. The summed E-state index contributed by atoms with van der Waals surface area (Å²) < 4.78 is 5.18. The third-order valence-corrected chi connectivity index (χ3v) is 5.10. The summed E-state index contributed by atoms with van der Waals surface area (Å²) >= 11 is 13.2. The largest absolute Gasteiger partial charge is 0.346 e. The summed E-state index contributed by atoms with van der Waals surface area (Å²) in [5.41, 5.74) is 0.794. The Morgan fingerprint density at radius 1 is 1.12 bits per heavy atom. The summed E-state index contributed by atoms with van der Waals surface area (Å²) in [6.07, 6.45) is 0. The fraction of sp³-hybridized carbons (Fsp3) is 0.167. The van der Waals surface area contributed by atoms with E-state index in [1.165, 1.54) is 11.8 Å². The molecule has 1 aromatic heterocycles. The van der Waals surface area contributed by atoms with E-state index in [2.05, 4.69) is 15.5 Å². The van der Waals surface area contributed by atoms with Crippen LogP contribution in [-0.4, -0.2) is 21.3 Å². The van der Waals surface area contributed by atoms with Crippen molar-refractivity contribution in [1.29, 1.82) is 0 Å². The number of nitrogens with one attached hydrogen (secondary N) is 1. The molecule has 1 unspecified atom stereocenters. The van der Waals surface area contributed by atoms with Gasteiger partial charge in [-0.2, -0.15) is 4.98 Å². The van der Waals surface area contributed by atoms with Gasteiger partial charge in [0, 0.05) is 20.5 Å². The summed E-state index contributed by atoms with van der Waals surface area (Å²) in [6.45, 7) is 2.01. The lowest BCUT2D eigenvalue weighted by molar-refractivity contribution is -0.120. The summed E-state index contributed by atoms with van der Waals surface area (Å²) in [4.78, 5) is 17.5. The Bertz CT molecular complexity index is 882. The highest BCUT2D eigenvalue weighted by Gasteiger charge is 2.16. The molecule has 0 aliphatic carbocycles. The van der Waals surface area contributed by atoms with Crippen molar-refractivity contribution in [2.24, 2.45) is 0 Å². The van der Waals surface area contributed by atoms with E-state index in [1.807, 2.05) is 19.1 Å². The Kier molecular flexibility index (Phi) is 6.19. The third kappa shape index (κ3) is 5.00. The molecule has 0 fully saturated rings. The lowest BCUT2D eigenvalue weighted by Crippen LogP contribution is -2.30. The van der Waals surface area contributed by atoms with Crippen LogP contribution in [0.25, 0.3) is 11.4 Å². The number of carbonyl (C=O) groups is 1. The molecule has 0 spiro atoms. The zero-order valence-electron chi connectivity index (χ0n) is 13.8. The quantitative estimate of drug-likeness (QED) is 0.591. The predicted octanol–water partition coefficient (Wildman–Crippen LogP) is 4.84. The fourth-order valence-corrected chi connectivity index (χ4v) is 3.26. The molecule has 0 aliphatic rings. The third-order valence-electron chi connectivity index (χ3n) is 3.48. The number of hydrogen-bond donors (Lipinski definition) is 1. The zero-order valence-corrected chi connectivity index (χ0v) is 16.1. The standard InChI is InChI=1S/C18H15Cl2N3O2S/c1-11(26-15-8-6-14(20)7-9-15)18(24)21-10-16-22-17(23-25-16)12-2-4-13(19)5-3-12/h2-9,11H,10H2,1H3,(H,21,24). The van der Waals surface area contributed by atoms with Crippen LogP contribution in [0.15, 0.2) is 57.9 Å². The molecule has 1 amide bonds. The summed E-state index contributed by atoms with van der Waals surface area (Å²) in [5, 5.41) is 7.75. The maximum Gasteiger partial charge on any atom is 0.246 e. The topological polar surface area (TPSA) is 68.0 Å². The number of aromatic nitrogens is 2. The molecule has 2 aromatic carbocycles. The van der Waals surface area contributed by atoms with Crippen LogP contribution in [0.2, 0.25) is 10.0 Å². The van der Waals surface area contributed by atoms with E-state index >= 15 is 0 Å². The molecule has 3 aromatic rings. The smallest absolute Gasteiger partial charge is 0.246 e. The van der Waals surface area contributed by atoms with Gasteiger partial charge in [0.05, 0.1) is 11.8 Å². The first kappa shape index (κ1) is 18.8. The van der Waals surface area contributed by atoms with Gasteiger partial charge in [0.2, 0.25) is 17.6 Å². The summed E-state index contributed by atoms with van der Waals surface area (Å²) in [5.74, 6) is 0.678. The molecule has 0 aliphatic heterocycles. The summed E-state index contributed by atoms with van der Waals surface area (Å²) in [6, 6.07) is 14.5. The molecular weight excluding hydrogens is 393 g/mol. The van der Waals surface area contributed by atoms with Gasteiger partial charge >= 0.3 is 0 Å². The van der Waals surface area contributed by atoms with Gasteiger partial charge in [-0.1, -0.05) is 28.4 Å². The predicted molar refractivity (Wildman–Crippen MR) is 103 cm³/mol. The van der Waals surface area contributed by atoms with Crippen molar-refractivity contribution < 1.29 is 9.32 Å². The average Bonchev–Trinajstić information content (AvgIpc) is 3.11. The van der Waals surface area contributed by atoms with Gasteiger partial charge in [0.1, 0.15) is 0 Å². The van der Waals surface area contributed by atoms with Gasteiger partial charge in [0.25, 0.3) is 0 Å². The monoisotopic (exact) mass is 407 g/mol. The first-order valence-corrected chi connectivity index (χ1v) is 9.43. The minimum atomic E-state index is -0.269. The Balaban J connectivity index is 1.54. The van der Waals surface area contributed by atoms with Crippen molar-refractivity contribution in [1.82, 2.24) is 15.5 Å². The van der Waals surface area contributed by atoms with Crippen molar-refractivity contribution in [2.75, 3.05) is 0 Å². The van der Waals surface area contributed by atoms with Crippen molar-refractivity contribution in [2.45, 2.75) is 23.6 Å². The molecule has 1 heterocycles. The van der Waals surface area contributed by atoms with Gasteiger partial charge in [0.15, 0.2) is 0 Å². The molecule has 5 nitrogen and oxygen atoms in total. The first-order valence-electron chi connectivity index (χ1n) is 7.80. The van der Waals surface area contributed by atoms with E-state index < -0.39 is 0 Å². The van der Waals surface area contributed by atoms with E-state index in [1.54, 1.807) is 36.4 Å². The van der Waals surface area contributed by atoms with Crippen LogP contribution in [0.1, 0.15) is 12.8 Å². The highest BCUT2D eigenvalue weighted by molar-refractivity contribution is 8.00. The van der Waals surface area contributed by atoms with Gasteiger partial charge in [-0.15, -0.1) is 11.8 Å². The molecule has 8 heteroatoms. The lowest BCUT2D eigenvalue weighted by Gasteiger charge is -2.10. The van der Waals surface area contributed by atoms with Gasteiger partial charge < -0.3 is 9.84 Å². The number of amides is 1. The molecule has 3 rings (SSSR count). The minimum absolute atomic E-state index is 0.115. The molecule has 0 bridgehead atoms. The van der Waals surface area contributed by atoms with Crippen LogP contribution in [0.5, 0.6) is 0 Å². The van der Waals surface area contributed by atoms with Crippen LogP contribution in [0, 0.1) is 0 Å². The Labute approximate surface area is 165 Å². The maximum absolute atomic E-state index is 12.2. The van der Waals surface area contributed by atoms with Crippen LogP contribution < -0.4 is 5.32 Å². The Morgan fingerprint density at radius 2 is 1.73 bits per heavy atom. The van der Waals surface area contributed by atoms with Crippen LogP contribution in [0.4, 0.5) is 0 Å². The highest BCUT2D eigenvalue weighted by atomic mass is 35.5. The number of nitrogens with zero attached hydrogens (tertiary/aromatic N) is 2. The lowest BCUT2D eigenvalue weighted by atomic mass is 10.2. The van der Waals surface area contributed by atoms with E-state index in [9.17, 15) is 4.79 Å². The molecule has 0 radical (unpaired) electrons. The number of halogens is 2. The molecule has 1 atom stereocenters. The maximum atomic E-state index is 12.2. The zero-order chi connectivity index (χ0) is 18.5. The fourth-order valence-electron chi connectivity index (χ4n) is 2.12. The highest BCUT2D eigenvalue weighted by Crippen LogP contribution is 2.25. The van der Waals surface area contributed by atoms with Gasteiger partial charge in [-0.25, -0.2) is 0 Å². The van der Waals surface area contributed by atoms with Crippen molar-refractivity contribution in [3.8, 4) is 11.4 Å². The number of thioether (sulfide) groups is 1. The molecule has 0 saturated carbocycles. The number of benzene rings is 2. The van der Waals surface area contributed by atoms with E-state index in [0.29, 0.717) is 21.8 Å². The molecule has 134 valence electrons. The molecule has 1 N–H and O–H groups in total.